The Hall–Kier alpha value is -1.28. The van der Waals surface area contributed by atoms with Gasteiger partial charge in [-0.25, -0.2) is 4.98 Å². The van der Waals surface area contributed by atoms with Crippen molar-refractivity contribution in [2.45, 2.75) is 58.8 Å². The van der Waals surface area contributed by atoms with E-state index in [2.05, 4.69) is 11.9 Å². The number of aliphatic hydroxyl groups is 1. The SMILES string of the molecule is CC(C)OC[C@H](O)CN(C)Cc1nc2sc3c(c2c(=O)[nH]1)CC[C@@H](C)C3. The molecule has 144 valence electrons. The van der Waals surface area contributed by atoms with E-state index in [0.29, 0.717) is 31.4 Å². The summed E-state index contributed by atoms with van der Waals surface area (Å²) in [6, 6.07) is 0. The van der Waals surface area contributed by atoms with Gasteiger partial charge in [0.15, 0.2) is 0 Å². The highest BCUT2D eigenvalue weighted by Crippen LogP contribution is 2.35. The normalized spacial score (nSPS) is 18.7. The molecule has 1 aliphatic carbocycles. The van der Waals surface area contributed by atoms with Gasteiger partial charge in [0.2, 0.25) is 0 Å². The number of nitrogens with one attached hydrogen (secondary N) is 1. The molecule has 2 heterocycles. The van der Waals surface area contributed by atoms with E-state index >= 15 is 0 Å². The van der Waals surface area contributed by atoms with Crippen LogP contribution in [-0.4, -0.2) is 52.4 Å². The summed E-state index contributed by atoms with van der Waals surface area (Å²) in [4.78, 5) is 24.4. The first-order valence-corrected chi connectivity index (χ1v) is 10.2. The molecule has 0 aromatic carbocycles. The number of rotatable bonds is 7. The number of nitrogens with zero attached hydrogens (tertiary/aromatic N) is 2. The van der Waals surface area contributed by atoms with Crippen LogP contribution in [0.15, 0.2) is 4.79 Å². The fourth-order valence-electron chi connectivity index (χ4n) is 3.50. The van der Waals surface area contributed by atoms with Gasteiger partial charge in [-0.1, -0.05) is 6.92 Å². The minimum atomic E-state index is -0.562. The fraction of sp³-hybridized carbons (Fsp3) is 0.684. The average Bonchev–Trinajstić information content (AvgIpc) is 2.90. The quantitative estimate of drug-likeness (QED) is 0.772. The predicted octanol–water partition coefficient (Wildman–Crippen LogP) is 2.33. The van der Waals surface area contributed by atoms with Crippen LogP contribution in [0.4, 0.5) is 0 Å². The Bertz CT molecular complexity index is 814. The standard InChI is InChI=1S/C19H29N3O3S/c1-11(2)25-10-13(23)8-22(4)9-16-20-18(24)17-14-6-5-12(3)7-15(14)26-19(17)21-16/h11-13,23H,5-10H2,1-4H3,(H,20,21,24)/t12-,13-/m1/s1. The lowest BCUT2D eigenvalue weighted by atomic mass is 9.89. The van der Waals surface area contributed by atoms with Gasteiger partial charge in [0, 0.05) is 11.4 Å². The second-order valence-corrected chi connectivity index (χ2v) is 8.86. The van der Waals surface area contributed by atoms with E-state index in [1.807, 2.05) is 25.8 Å². The Kier molecular flexibility index (Phi) is 6.12. The Labute approximate surface area is 158 Å². The van der Waals surface area contributed by atoms with Crippen molar-refractivity contribution in [1.82, 2.24) is 14.9 Å². The van der Waals surface area contributed by atoms with Gasteiger partial charge in [-0.05, 0) is 51.6 Å². The van der Waals surface area contributed by atoms with Crippen molar-refractivity contribution in [1.29, 1.82) is 0 Å². The summed E-state index contributed by atoms with van der Waals surface area (Å²) in [6.07, 6.45) is 2.70. The van der Waals surface area contributed by atoms with Crippen LogP contribution in [0.1, 0.15) is 43.5 Å². The lowest BCUT2D eigenvalue weighted by Gasteiger charge is -2.20. The summed E-state index contributed by atoms with van der Waals surface area (Å²) in [7, 11) is 1.91. The summed E-state index contributed by atoms with van der Waals surface area (Å²) in [5, 5.41) is 10.8. The van der Waals surface area contributed by atoms with Crippen LogP contribution in [0.3, 0.4) is 0 Å². The molecular formula is C19H29N3O3S. The second-order valence-electron chi connectivity index (χ2n) is 7.78. The highest BCUT2D eigenvalue weighted by atomic mass is 32.1. The van der Waals surface area contributed by atoms with E-state index in [1.54, 1.807) is 11.3 Å². The summed E-state index contributed by atoms with van der Waals surface area (Å²) in [5.41, 5.74) is 1.17. The zero-order valence-corrected chi connectivity index (χ0v) is 16.9. The molecule has 26 heavy (non-hydrogen) atoms. The summed E-state index contributed by atoms with van der Waals surface area (Å²) in [5.74, 6) is 1.32. The fourth-order valence-corrected chi connectivity index (χ4v) is 4.91. The van der Waals surface area contributed by atoms with Crippen molar-refractivity contribution in [3.8, 4) is 0 Å². The molecule has 0 fully saturated rings. The van der Waals surface area contributed by atoms with Crippen molar-refractivity contribution in [3.63, 3.8) is 0 Å². The average molecular weight is 380 g/mol. The summed E-state index contributed by atoms with van der Waals surface area (Å²) >= 11 is 1.67. The number of likely N-dealkylation sites (N-methyl/N-ethyl adjacent to an activating group) is 1. The van der Waals surface area contributed by atoms with E-state index in [1.165, 1.54) is 10.4 Å². The Balaban J connectivity index is 1.72. The van der Waals surface area contributed by atoms with Crippen LogP contribution in [0.25, 0.3) is 10.2 Å². The smallest absolute Gasteiger partial charge is 0.259 e. The number of ether oxygens (including phenoxy) is 1. The summed E-state index contributed by atoms with van der Waals surface area (Å²) < 4.78 is 5.44. The topological polar surface area (TPSA) is 78.5 Å². The Morgan fingerprint density at radius 3 is 2.96 bits per heavy atom. The van der Waals surface area contributed by atoms with Gasteiger partial charge in [-0.3, -0.25) is 9.69 Å². The first-order chi connectivity index (χ1) is 12.3. The second kappa shape index (κ2) is 8.17. The lowest BCUT2D eigenvalue weighted by molar-refractivity contribution is -0.00656. The Morgan fingerprint density at radius 1 is 1.46 bits per heavy atom. The van der Waals surface area contributed by atoms with Crippen molar-refractivity contribution >= 4 is 21.6 Å². The van der Waals surface area contributed by atoms with Crippen LogP contribution >= 0.6 is 11.3 Å². The molecular weight excluding hydrogens is 350 g/mol. The van der Waals surface area contributed by atoms with Gasteiger partial charge in [-0.2, -0.15) is 0 Å². The zero-order chi connectivity index (χ0) is 18.8. The molecule has 2 N–H and O–H groups in total. The molecule has 0 saturated carbocycles. The predicted molar refractivity (Wildman–Crippen MR) is 105 cm³/mol. The maximum atomic E-state index is 12.6. The van der Waals surface area contributed by atoms with Gasteiger partial charge in [0.05, 0.1) is 30.7 Å². The Morgan fingerprint density at radius 2 is 2.23 bits per heavy atom. The molecule has 0 aliphatic heterocycles. The summed E-state index contributed by atoms with van der Waals surface area (Å²) in [6.45, 7) is 7.42. The molecule has 6 nitrogen and oxygen atoms in total. The highest BCUT2D eigenvalue weighted by molar-refractivity contribution is 7.18. The van der Waals surface area contributed by atoms with E-state index in [-0.39, 0.29) is 11.7 Å². The van der Waals surface area contributed by atoms with Crippen LogP contribution < -0.4 is 5.56 Å². The van der Waals surface area contributed by atoms with Crippen molar-refractivity contribution in [2.75, 3.05) is 20.2 Å². The molecule has 2 aromatic heterocycles. The molecule has 0 amide bonds. The van der Waals surface area contributed by atoms with Gasteiger partial charge in [0.1, 0.15) is 10.7 Å². The molecule has 2 aromatic rings. The largest absolute Gasteiger partial charge is 0.389 e. The number of aryl methyl sites for hydroxylation is 1. The minimum Gasteiger partial charge on any atom is -0.389 e. The first kappa shape index (κ1) is 19.5. The number of thiophene rings is 1. The third-order valence-corrected chi connectivity index (χ3v) is 5.93. The van der Waals surface area contributed by atoms with Gasteiger partial charge < -0.3 is 14.8 Å². The zero-order valence-electron chi connectivity index (χ0n) is 16.0. The molecule has 0 unspecified atom stereocenters. The molecule has 3 rings (SSSR count). The number of H-pyrrole nitrogens is 1. The van der Waals surface area contributed by atoms with Crippen LogP contribution in [-0.2, 0) is 24.1 Å². The monoisotopic (exact) mass is 379 g/mol. The maximum absolute atomic E-state index is 12.6. The van der Waals surface area contributed by atoms with Crippen LogP contribution in [0, 0.1) is 5.92 Å². The third kappa shape index (κ3) is 4.52. The van der Waals surface area contributed by atoms with Crippen LogP contribution in [0.5, 0.6) is 0 Å². The first-order valence-electron chi connectivity index (χ1n) is 9.35. The number of hydrogen-bond donors (Lipinski definition) is 2. The third-order valence-electron chi connectivity index (χ3n) is 4.78. The molecule has 0 saturated heterocycles. The molecule has 2 atom stereocenters. The molecule has 0 spiro atoms. The van der Waals surface area contributed by atoms with Crippen molar-refractivity contribution < 1.29 is 9.84 Å². The number of hydrogen-bond acceptors (Lipinski definition) is 6. The number of aliphatic hydroxyl groups excluding tert-OH is 1. The van der Waals surface area contributed by atoms with Crippen molar-refractivity contribution in [3.05, 3.63) is 26.6 Å². The van der Waals surface area contributed by atoms with E-state index < -0.39 is 6.10 Å². The van der Waals surface area contributed by atoms with E-state index in [0.717, 1.165) is 29.5 Å². The molecule has 1 aliphatic rings. The van der Waals surface area contributed by atoms with E-state index in [9.17, 15) is 9.90 Å². The number of fused-ring (bicyclic) bond motifs is 3. The van der Waals surface area contributed by atoms with Crippen LogP contribution in [0.2, 0.25) is 0 Å². The van der Waals surface area contributed by atoms with Gasteiger partial charge >= 0.3 is 0 Å². The van der Waals surface area contributed by atoms with Gasteiger partial charge in [-0.15, -0.1) is 11.3 Å². The molecule has 7 heteroatoms. The lowest BCUT2D eigenvalue weighted by Crippen LogP contribution is -2.33. The minimum absolute atomic E-state index is 0.0332. The van der Waals surface area contributed by atoms with E-state index in [4.69, 9.17) is 9.72 Å². The maximum Gasteiger partial charge on any atom is 0.259 e. The molecule has 0 bridgehead atoms. The highest BCUT2D eigenvalue weighted by Gasteiger charge is 2.23. The number of aromatic nitrogens is 2. The van der Waals surface area contributed by atoms with Gasteiger partial charge in [0.25, 0.3) is 5.56 Å². The number of aromatic amines is 1. The molecule has 0 radical (unpaired) electrons. The van der Waals surface area contributed by atoms with Crippen molar-refractivity contribution in [2.24, 2.45) is 5.92 Å².